The van der Waals surface area contributed by atoms with Crippen LogP contribution in [-0.2, 0) is 14.3 Å². The lowest BCUT2D eigenvalue weighted by atomic mass is 9.95. The quantitative estimate of drug-likeness (QED) is 0.823. The van der Waals surface area contributed by atoms with E-state index in [9.17, 15) is 14.4 Å². The summed E-state index contributed by atoms with van der Waals surface area (Å²) in [5.41, 5.74) is 4.74. The zero-order chi connectivity index (χ0) is 17.2. The van der Waals surface area contributed by atoms with Gasteiger partial charge in [-0.2, -0.15) is 0 Å². The molecule has 0 bridgehead atoms. The lowest BCUT2D eigenvalue weighted by molar-refractivity contribution is -0.138. The Labute approximate surface area is 137 Å². The predicted octanol–water partition coefficient (Wildman–Crippen LogP) is 1.11. The second-order valence-electron chi connectivity index (χ2n) is 7.33. The SMILES string of the molecule is CC(C)(C)OC(=O)N1CCC[C@H]1C(=O)N1CCC(C(N)=O)CC1. The van der Waals surface area contributed by atoms with Gasteiger partial charge in [0.25, 0.3) is 0 Å². The molecule has 0 spiro atoms. The van der Waals surface area contributed by atoms with Gasteiger partial charge in [-0.15, -0.1) is 0 Å². The van der Waals surface area contributed by atoms with Crippen LogP contribution in [0.15, 0.2) is 0 Å². The number of carbonyl (C=O) groups excluding carboxylic acids is 3. The summed E-state index contributed by atoms with van der Waals surface area (Å²) in [5, 5.41) is 0. The number of primary amides is 1. The van der Waals surface area contributed by atoms with E-state index in [2.05, 4.69) is 0 Å². The van der Waals surface area contributed by atoms with Gasteiger partial charge in [0.2, 0.25) is 11.8 Å². The highest BCUT2D eigenvalue weighted by atomic mass is 16.6. The number of amides is 3. The molecule has 7 nitrogen and oxygen atoms in total. The fourth-order valence-corrected chi connectivity index (χ4v) is 3.16. The number of rotatable bonds is 2. The summed E-state index contributed by atoms with van der Waals surface area (Å²) in [7, 11) is 0. The van der Waals surface area contributed by atoms with Crippen molar-refractivity contribution in [2.45, 2.75) is 58.1 Å². The van der Waals surface area contributed by atoms with Crippen molar-refractivity contribution in [1.29, 1.82) is 0 Å². The van der Waals surface area contributed by atoms with Crippen molar-refractivity contribution in [3.63, 3.8) is 0 Å². The Balaban J connectivity index is 1.96. The molecule has 1 atom stereocenters. The van der Waals surface area contributed by atoms with E-state index in [-0.39, 0.29) is 17.7 Å². The van der Waals surface area contributed by atoms with Gasteiger partial charge in [0.15, 0.2) is 0 Å². The van der Waals surface area contributed by atoms with Crippen LogP contribution in [0.3, 0.4) is 0 Å². The van der Waals surface area contributed by atoms with Crippen molar-refractivity contribution in [3.8, 4) is 0 Å². The van der Waals surface area contributed by atoms with Crippen molar-refractivity contribution >= 4 is 17.9 Å². The molecule has 2 aliphatic rings. The molecule has 130 valence electrons. The van der Waals surface area contributed by atoms with Crippen LogP contribution in [0.25, 0.3) is 0 Å². The topological polar surface area (TPSA) is 92.9 Å². The zero-order valence-electron chi connectivity index (χ0n) is 14.2. The highest BCUT2D eigenvalue weighted by molar-refractivity contribution is 5.86. The van der Waals surface area contributed by atoms with Crippen LogP contribution in [0.4, 0.5) is 4.79 Å². The van der Waals surface area contributed by atoms with Gasteiger partial charge in [-0.05, 0) is 46.5 Å². The molecule has 2 aliphatic heterocycles. The second-order valence-corrected chi connectivity index (χ2v) is 7.33. The van der Waals surface area contributed by atoms with Gasteiger partial charge >= 0.3 is 6.09 Å². The van der Waals surface area contributed by atoms with Crippen LogP contribution in [0, 0.1) is 5.92 Å². The number of ether oxygens (including phenoxy) is 1. The summed E-state index contributed by atoms with van der Waals surface area (Å²) in [6.07, 6.45) is 2.22. The maximum Gasteiger partial charge on any atom is 0.410 e. The number of hydrogen-bond acceptors (Lipinski definition) is 4. The number of piperidine rings is 1. The summed E-state index contributed by atoms with van der Waals surface area (Å²) in [4.78, 5) is 39.5. The number of nitrogens with two attached hydrogens (primary N) is 1. The third-order valence-electron chi connectivity index (χ3n) is 4.37. The van der Waals surface area contributed by atoms with Gasteiger partial charge in [0, 0.05) is 25.6 Å². The average molecular weight is 325 g/mol. The summed E-state index contributed by atoms with van der Waals surface area (Å²) in [5.74, 6) is -0.491. The average Bonchev–Trinajstić information content (AvgIpc) is 2.94. The van der Waals surface area contributed by atoms with E-state index in [1.807, 2.05) is 20.8 Å². The number of likely N-dealkylation sites (tertiary alicyclic amines) is 2. The largest absolute Gasteiger partial charge is 0.444 e. The molecule has 0 aromatic rings. The van der Waals surface area contributed by atoms with Gasteiger partial charge in [0.05, 0.1) is 0 Å². The van der Waals surface area contributed by atoms with Gasteiger partial charge in [-0.3, -0.25) is 14.5 Å². The van der Waals surface area contributed by atoms with Crippen molar-refractivity contribution in [3.05, 3.63) is 0 Å². The maximum absolute atomic E-state index is 12.7. The molecule has 0 aromatic heterocycles. The molecule has 0 aliphatic carbocycles. The van der Waals surface area contributed by atoms with Crippen LogP contribution in [-0.4, -0.2) is 59.0 Å². The van der Waals surface area contributed by atoms with Crippen LogP contribution in [0.5, 0.6) is 0 Å². The molecule has 2 N–H and O–H groups in total. The van der Waals surface area contributed by atoms with Crippen molar-refractivity contribution in [1.82, 2.24) is 9.80 Å². The summed E-state index contributed by atoms with van der Waals surface area (Å²) < 4.78 is 5.39. The van der Waals surface area contributed by atoms with E-state index in [4.69, 9.17) is 10.5 Å². The van der Waals surface area contributed by atoms with E-state index in [0.29, 0.717) is 38.9 Å². The Morgan fingerprint density at radius 3 is 2.17 bits per heavy atom. The molecule has 23 heavy (non-hydrogen) atoms. The minimum Gasteiger partial charge on any atom is -0.444 e. The van der Waals surface area contributed by atoms with Gasteiger partial charge in [-0.25, -0.2) is 4.79 Å². The molecule has 0 radical (unpaired) electrons. The van der Waals surface area contributed by atoms with E-state index >= 15 is 0 Å². The van der Waals surface area contributed by atoms with E-state index in [1.54, 1.807) is 4.90 Å². The Morgan fingerprint density at radius 2 is 1.65 bits per heavy atom. The highest BCUT2D eigenvalue weighted by Gasteiger charge is 2.39. The van der Waals surface area contributed by atoms with E-state index in [0.717, 1.165) is 6.42 Å². The fourth-order valence-electron chi connectivity index (χ4n) is 3.16. The standard InChI is InChI=1S/C16H27N3O4/c1-16(2,3)23-15(22)19-8-4-5-12(19)14(21)18-9-6-11(7-10-18)13(17)20/h11-12H,4-10H2,1-3H3,(H2,17,20)/t12-/m0/s1. The lowest BCUT2D eigenvalue weighted by Gasteiger charge is -2.35. The zero-order valence-corrected chi connectivity index (χ0v) is 14.2. The Hall–Kier alpha value is -1.79. The Bertz CT molecular complexity index is 478. The molecule has 2 fully saturated rings. The first-order valence-electron chi connectivity index (χ1n) is 8.27. The minimum atomic E-state index is -0.576. The molecular weight excluding hydrogens is 298 g/mol. The molecule has 0 saturated carbocycles. The lowest BCUT2D eigenvalue weighted by Crippen LogP contribution is -2.51. The minimum absolute atomic E-state index is 0.0451. The molecule has 2 saturated heterocycles. The molecular formula is C16H27N3O4. The van der Waals surface area contributed by atoms with Crippen molar-refractivity contribution in [2.75, 3.05) is 19.6 Å². The monoisotopic (exact) mass is 325 g/mol. The van der Waals surface area contributed by atoms with E-state index < -0.39 is 17.7 Å². The molecule has 7 heteroatoms. The smallest absolute Gasteiger partial charge is 0.410 e. The summed E-state index contributed by atoms with van der Waals surface area (Å²) >= 11 is 0. The summed E-state index contributed by atoms with van der Waals surface area (Å²) in [6.45, 7) is 7.02. The van der Waals surface area contributed by atoms with Crippen LogP contribution in [0.2, 0.25) is 0 Å². The normalized spacial score (nSPS) is 23.0. The predicted molar refractivity (Wildman–Crippen MR) is 84.5 cm³/mol. The molecule has 0 unspecified atom stereocenters. The van der Waals surface area contributed by atoms with Gasteiger partial charge < -0.3 is 15.4 Å². The first kappa shape index (κ1) is 17.6. The number of nitrogens with zero attached hydrogens (tertiary/aromatic N) is 2. The van der Waals surface area contributed by atoms with E-state index in [1.165, 1.54) is 4.90 Å². The van der Waals surface area contributed by atoms with Crippen LogP contribution >= 0.6 is 0 Å². The number of carbonyl (C=O) groups is 3. The van der Waals surface area contributed by atoms with Gasteiger partial charge in [0.1, 0.15) is 11.6 Å². The number of hydrogen-bond donors (Lipinski definition) is 1. The fraction of sp³-hybridized carbons (Fsp3) is 0.812. The Kier molecular flexibility index (Phi) is 5.16. The van der Waals surface area contributed by atoms with Gasteiger partial charge in [-0.1, -0.05) is 0 Å². The molecule has 2 heterocycles. The van der Waals surface area contributed by atoms with Crippen molar-refractivity contribution < 1.29 is 19.1 Å². The first-order valence-corrected chi connectivity index (χ1v) is 8.27. The molecule has 2 rings (SSSR count). The third-order valence-corrected chi connectivity index (χ3v) is 4.37. The van der Waals surface area contributed by atoms with Crippen molar-refractivity contribution in [2.24, 2.45) is 11.7 Å². The van der Waals surface area contributed by atoms with Crippen LogP contribution in [0.1, 0.15) is 46.5 Å². The van der Waals surface area contributed by atoms with Crippen LogP contribution < -0.4 is 5.73 Å². The Morgan fingerprint density at radius 1 is 1.04 bits per heavy atom. The first-order chi connectivity index (χ1) is 10.7. The molecule has 3 amide bonds. The summed E-state index contributed by atoms with van der Waals surface area (Å²) in [6, 6.07) is -0.449. The highest BCUT2D eigenvalue weighted by Crippen LogP contribution is 2.25. The molecule has 0 aromatic carbocycles. The third kappa shape index (κ3) is 4.36. The maximum atomic E-state index is 12.7. The second kappa shape index (κ2) is 6.76.